The zero-order chi connectivity index (χ0) is 14.8. The first-order valence-electron chi connectivity index (χ1n) is 6.66. The average Bonchev–Trinajstić information content (AvgIpc) is 2.45. The quantitative estimate of drug-likeness (QED) is 0.477. The van der Waals surface area contributed by atoms with Crippen LogP contribution in [0.4, 0.5) is 0 Å². The Kier molecular flexibility index (Phi) is 7.58. The largest absolute Gasteiger partial charge is 0.492 e. The first-order chi connectivity index (χ1) is 9.67. The second kappa shape index (κ2) is 9.26. The summed E-state index contributed by atoms with van der Waals surface area (Å²) in [6, 6.07) is 7.35. The highest BCUT2D eigenvalue weighted by Gasteiger charge is 2.04. The van der Waals surface area contributed by atoms with E-state index in [0.29, 0.717) is 18.2 Å². The highest BCUT2D eigenvalue weighted by molar-refractivity contribution is 6.30. The molecule has 0 saturated carbocycles. The molecule has 20 heavy (non-hydrogen) atoms. The highest BCUT2D eigenvalue weighted by Crippen LogP contribution is 2.15. The molecule has 0 aliphatic carbocycles. The Hall–Kier alpha value is -1.68. The molecule has 0 aliphatic rings. The molecule has 5 heteroatoms. The Morgan fingerprint density at radius 3 is 2.75 bits per heavy atom. The summed E-state index contributed by atoms with van der Waals surface area (Å²) in [7, 11) is 1.98. The zero-order valence-corrected chi connectivity index (χ0v) is 12.9. The van der Waals surface area contributed by atoms with Crippen LogP contribution in [0, 0.1) is 0 Å². The van der Waals surface area contributed by atoms with Crippen molar-refractivity contribution in [1.82, 2.24) is 10.2 Å². The summed E-state index contributed by atoms with van der Waals surface area (Å²) in [4.78, 5) is 6.44. The minimum absolute atomic E-state index is 0.580. The molecule has 0 heterocycles. The number of halogens is 1. The van der Waals surface area contributed by atoms with E-state index in [-0.39, 0.29) is 0 Å². The van der Waals surface area contributed by atoms with Crippen LogP contribution in [0.3, 0.4) is 0 Å². The van der Waals surface area contributed by atoms with Crippen LogP contribution in [-0.2, 0) is 0 Å². The molecule has 0 unspecified atom stereocenters. The van der Waals surface area contributed by atoms with Crippen molar-refractivity contribution < 1.29 is 4.74 Å². The van der Waals surface area contributed by atoms with Gasteiger partial charge < -0.3 is 15.0 Å². The van der Waals surface area contributed by atoms with Crippen LogP contribution in [-0.4, -0.2) is 44.1 Å². The molecule has 1 aromatic carbocycles. The Morgan fingerprint density at radius 2 is 2.15 bits per heavy atom. The lowest BCUT2D eigenvalue weighted by atomic mass is 10.3. The number of aliphatic imine (C=N–C) groups is 1. The minimum Gasteiger partial charge on any atom is -0.492 e. The molecule has 1 N–H and O–H groups in total. The summed E-state index contributed by atoms with van der Waals surface area (Å²) in [5.74, 6) is 1.67. The molecule has 0 aliphatic heterocycles. The molecule has 1 rings (SSSR count). The summed E-state index contributed by atoms with van der Waals surface area (Å²) in [5, 5.41) is 3.94. The van der Waals surface area contributed by atoms with E-state index in [4.69, 9.17) is 16.3 Å². The number of rotatable bonds is 7. The normalized spacial score (nSPS) is 11.1. The molecule has 0 amide bonds. The van der Waals surface area contributed by atoms with E-state index >= 15 is 0 Å². The second-order valence-electron chi connectivity index (χ2n) is 4.21. The molecular formula is C15H22ClN3O. The molecule has 4 nitrogen and oxygen atoms in total. The van der Waals surface area contributed by atoms with Crippen LogP contribution in [0.1, 0.15) is 6.92 Å². The SMILES string of the molecule is C=CCN=C(NCC)N(C)CCOc1ccc(Cl)cc1. The monoisotopic (exact) mass is 295 g/mol. The molecule has 0 fully saturated rings. The van der Waals surface area contributed by atoms with Crippen molar-refractivity contribution in [3.8, 4) is 5.75 Å². The molecule has 110 valence electrons. The maximum atomic E-state index is 5.83. The van der Waals surface area contributed by atoms with Gasteiger partial charge in [0, 0.05) is 18.6 Å². The number of guanidine groups is 1. The van der Waals surface area contributed by atoms with Crippen LogP contribution in [0.2, 0.25) is 5.02 Å². The molecule has 0 aromatic heterocycles. The number of hydrogen-bond acceptors (Lipinski definition) is 2. The van der Waals surface area contributed by atoms with E-state index in [2.05, 4.69) is 16.9 Å². The summed E-state index contributed by atoms with van der Waals surface area (Å²) in [5.41, 5.74) is 0. The molecule has 0 spiro atoms. The minimum atomic E-state index is 0.580. The van der Waals surface area contributed by atoms with Crippen molar-refractivity contribution in [3.05, 3.63) is 41.9 Å². The van der Waals surface area contributed by atoms with Crippen molar-refractivity contribution in [2.24, 2.45) is 4.99 Å². The average molecular weight is 296 g/mol. The zero-order valence-electron chi connectivity index (χ0n) is 12.1. The van der Waals surface area contributed by atoms with Crippen molar-refractivity contribution in [2.45, 2.75) is 6.92 Å². The van der Waals surface area contributed by atoms with Gasteiger partial charge >= 0.3 is 0 Å². The Labute approximate surface area is 126 Å². The second-order valence-corrected chi connectivity index (χ2v) is 4.64. The smallest absolute Gasteiger partial charge is 0.194 e. The van der Waals surface area contributed by atoms with Crippen LogP contribution in [0.25, 0.3) is 0 Å². The van der Waals surface area contributed by atoms with Gasteiger partial charge in [0.25, 0.3) is 0 Å². The van der Waals surface area contributed by atoms with Crippen molar-refractivity contribution in [1.29, 1.82) is 0 Å². The van der Waals surface area contributed by atoms with Crippen LogP contribution in [0.5, 0.6) is 5.75 Å². The first kappa shape index (κ1) is 16.4. The lowest BCUT2D eigenvalue weighted by molar-refractivity contribution is 0.281. The van der Waals surface area contributed by atoms with Gasteiger partial charge in [-0.05, 0) is 31.2 Å². The van der Waals surface area contributed by atoms with Gasteiger partial charge in [0.2, 0.25) is 0 Å². The van der Waals surface area contributed by atoms with Gasteiger partial charge in [-0.25, -0.2) is 4.99 Å². The number of likely N-dealkylation sites (N-methyl/N-ethyl adjacent to an activating group) is 1. The standard InChI is InChI=1S/C15H22ClN3O/c1-4-10-18-15(17-5-2)19(3)11-12-20-14-8-6-13(16)7-9-14/h4,6-9H,1,5,10-12H2,2-3H3,(H,17,18). The van der Waals surface area contributed by atoms with Crippen molar-refractivity contribution >= 4 is 17.6 Å². The van der Waals surface area contributed by atoms with E-state index in [1.807, 2.05) is 43.1 Å². The number of benzene rings is 1. The van der Waals surface area contributed by atoms with Gasteiger partial charge in [-0.2, -0.15) is 0 Å². The van der Waals surface area contributed by atoms with Crippen LogP contribution in [0.15, 0.2) is 41.9 Å². The predicted octanol–water partition coefficient (Wildman–Crippen LogP) is 2.80. The van der Waals surface area contributed by atoms with E-state index < -0.39 is 0 Å². The number of nitrogens with one attached hydrogen (secondary N) is 1. The van der Waals surface area contributed by atoms with Gasteiger partial charge in [-0.15, -0.1) is 6.58 Å². The van der Waals surface area contributed by atoms with Gasteiger partial charge in [0.1, 0.15) is 12.4 Å². The number of ether oxygens (including phenoxy) is 1. The third kappa shape index (κ3) is 5.97. The molecule has 0 bridgehead atoms. The fourth-order valence-electron chi connectivity index (χ4n) is 1.56. The Morgan fingerprint density at radius 1 is 1.45 bits per heavy atom. The maximum absolute atomic E-state index is 5.83. The van der Waals surface area contributed by atoms with Crippen LogP contribution < -0.4 is 10.1 Å². The van der Waals surface area contributed by atoms with Gasteiger partial charge in [-0.1, -0.05) is 17.7 Å². The van der Waals surface area contributed by atoms with E-state index in [0.717, 1.165) is 24.8 Å². The predicted molar refractivity (Wildman–Crippen MR) is 85.8 cm³/mol. The van der Waals surface area contributed by atoms with Gasteiger partial charge in [-0.3, -0.25) is 0 Å². The molecule has 0 saturated heterocycles. The third-order valence-electron chi connectivity index (χ3n) is 2.58. The summed E-state index contributed by atoms with van der Waals surface area (Å²) >= 11 is 5.83. The lowest BCUT2D eigenvalue weighted by Crippen LogP contribution is -2.40. The fourth-order valence-corrected chi connectivity index (χ4v) is 1.68. The highest BCUT2D eigenvalue weighted by atomic mass is 35.5. The first-order valence-corrected chi connectivity index (χ1v) is 7.04. The third-order valence-corrected chi connectivity index (χ3v) is 2.83. The van der Waals surface area contributed by atoms with E-state index in [1.54, 1.807) is 6.08 Å². The maximum Gasteiger partial charge on any atom is 0.194 e. The number of hydrogen-bond donors (Lipinski definition) is 1. The van der Waals surface area contributed by atoms with Gasteiger partial charge in [0.05, 0.1) is 13.1 Å². The fraction of sp³-hybridized carbons (Fsp3) is 0.400. The number of nitrogens with zero attached hydrogens (tertiary/aromatic N) is 2. The summed E-state index contributed by atoms with van der Waals surface area (Å²) in [6.07, 6.45) is 1.77. The van der Waals surface area contributed by atoms with Crippen molar-refractivity contribution in [3.63, 3.8) is 0 Å². The van der Waals surface area contributed by atoms with Crippen LogP contribution >= 0.6 is 11.6 Å². The Balaban J connectivity index is 2.42. The molecule has 0 atom stereocenters. The topological polar surface area (TPSA) is 36.9 Å². The van der Waals surface area contributed by atoms with E-state index in [1.165, 1.54) is 0 Å². The molecule has 1 aromatic rings. The molecule has 0 radical (unpaired) electrons. The lowest BCUT2D eigenvalue weighted by Gasteiger charge is -2.21. The molecular weight excluding hydrogens is 274 g/mol. The Bertz CT molecular complexity index is 431. The summed E-state index contributed by atoms with van der Waals surface area (Å²) in [6.45, 7) is 8.47. The van der Waals surface area contributed by atoms with Gasteiger partial charge in [0.15, 0.2) is 5.96 Å². The summed E-state index contributed by atoms with van der Waals surface area (Å²) < 4.78 is 5.66. The van der Waals surface area contributed by atoms with Crippen molar-refractivity contribution in [2.75, 3.05) is 33.3 Å². The van der Waals surface area contributed by atoms with E-state index in [9.17, 15) is 0 Å².